The molecule has 0 spiro atoms. The Morgan fingerprint density at radius 1 is 1.33 bits per heavy atom. The molecule has 0 saturated carbocycles. The summed E-state index contributed by atoms with van der Waals surface area (Å²) in [6.45, 7) is 4.18. The molecule has 9 heavy (non-hydrogen) atoms. The zero-order chi connectivity index (χ0) is 6.91. The van der Waals surface area contributed by atoms with Gasteiger partial charge in [0.1, 0.15) is 0 Å². The summed E-state index contributed by atoms with van der Waals surface area (Å²) in [5.41, 5.74) is 0. The van der Waals surface area contributed by atoms with E-state index >= 15 is 0 Å². The molecule has 0 bridgehead atoms. The molecule has 0 amide bonds. The van der Waals surface area contributed by atoms with Gasteiger partial charge in [-0.2, -0.15) is 0 Å². The third-order valence-corrected chi connectivity index (χ3v) is 2.49. The van der Waals surface area contributed by atoms with Gasteiger partial charge in [0.05, 0.1) is 20.1 Å². The minimum atomic E-state index is -0.174. The third-order valence-electron chi connectivity index (χ3n) is 2.49. The maximum Gasteiger partial charge on any atom is 0.187 e. The largest absolute Gasteiger partial charge is 0.345 e. The van der Waals surface area contributed by atoms with E-state index in [2.05, 4.69) is 7.05 Å². The molecule has 0 aromatic heterocycles. The fourth-order valence-electron chi connectivity index (χ4n) is 1.43. The van der Waals surface area contributed by atoms with E-state index in [1.807, 2.05) is 6.92 Å². The molecule has 1 N–H and O–H groups in total. The van der Waals surface area contributed by atoms with Gasteiger partial charge in [-0.15, -0.1) is 0 Å². The van der Waals surface area contributed by atoms with Crippen molar-refractivity contribution >= 4 is 0 Å². The number of rotatable bonds is 1. The van der Waals surface area contributed by atoms with Crippen LogP contribution in [0.5, 0.6) is 0 Å². The first-order chi connectivity index (χ1) is 4.15. The van der Waals surface area contributed by atoms with Crippen molar-refractivity contribution < 1.29 is 9.59 Å². The van der Waals surface area contributed by atoms with Crippen molar-refractivity contribution in [3.05, 3.63) is 0 Å². The van der Waals surface area contributed by atoms with E-state index in [1.54, 1.807) is 0 Å². The van der Waals surface area contributed by atoms with Crippen molar-refractivity contribution in [1.29, 1.82) is 0 Å². The molecule has 1 aliphatic heterocycles. The van der Waals surface area contributed by atoms with Gasteiger partial charge in [-0.1, -0.05) is 0 Å². The number of hydrogen-bond acceptors (Lipinski definition) is 1. The van der Waals surface area contributed by atoms with Gasteiger partial charge in [0.25, 0.3) is 0 Å². The molecule has 1 heterocycles. The van der Waals surface area contributed by atoms with Crippen LogP contribution < -0.4 is 0 Å². The first-order valence-electron chi connectivity index (χ1n) is 3.67. The van der Waals surface area contributed by atoms with E-state index in [0.29, 0.717) is 0 Å². The van der Waals surface area contributed by atoms with Crippen LogP contribution >= 0.6 is 0 Å². The van der Waals surface area contributed by atoms with Crippen LogP contribution in [0.15, 0.2) is 0 Å². The van der Waals surface area contributed by atoms with Gasteiger partial charge in [0.15, 0.2) is 6.23 Å². The van der Waals surface area contributed by atoms with Crippen LogP contribution in [0.3, 0.4) is 0 Å². The summed E-state index contributed by atoms with van der Waals surface area (Å²) in [6.07, 6.45) is 2.38. The molecule has 1 unspecified atom stereocenters. The van der Waals surface area contributed by atoms with E-state index in [4.69, 9.17) is 0 Å². The monoisotopic (exact) mass is 130 g/mol. The third kappa shape index (κ3) is 1.25. The molecule has 1 fully saturated rings. The molecule has 1 saturated heterocycles. The summed E-state index contributed by atoms with van der Waals surface area (Å²) in [5.74, 6) is 0. The predicted octanol–water partition coefficient (Wildman–Crippen LogP) is 0.565. The van der Waals surface area contributed by atoms with Crippen LogP contribution in [0.2, 0.25) is 0 Å². The van der Waals surface area contributed by atoms with E-state index in [0.717, 1.165) is 17.6 Å². The first kappa shape index (κ1) is 7.03. The van der Waals surface area contributed by atoms with Crippen LogP contribution in [-0.2, 0) is 0 Å². The topological polar surface area (TPSA) is 20.2 Å². The van der Waals surface area contributed by atoms with E-state index in [1.165, 1.54) is 12.8 Å². The highest BCUT2D eigenvalue weighted by Crippen LogP contribution is 2.18. The summed E-state index contributed by atoms with van der Waals surface area (Å²) in [5, 5.41) is 9.28. The second-order valence-corrected chi connectivity index (χ2v) is 3.27. The van der Waals surface area contributed by atoms with Crippen molar-refractivity contribution in [2.75, 3.05) is 20.1 Å². The molecular formula is C7H16NO+. The average Bonchev–Trinajstić information content (AvgIpc) is 2.16. The molecule has 0 aromatic carbocycles. The average molecular weight is 130 g/mol. The lowest BCUT2D eigenvalue weighted by Gasteiger charge is -2.31. The molecule has 2 heteroatoms. The second kappa shape index (κ2) is 2.27. The zero-order valence-electron chi connectivity index (χ0n) is 6.30. The Kier molecular flexibility index (Phi) is 1.78. The molecule has 1 rings (SSSR count). The normalized spacial score (nSPS) is 28.3. The number of aliphatic hydroxyl groups is 1. The highest BCUT2D eigenvalue weighted by Gasteiger charge is 2.30. The summed E-state index contributed by atoms with van der Waals surface area (Å²) in [6, 6.07) is 0. The van der Waals surface area contributed by atoms with E-state index in [-0.39, 0.29) is 6.23 Å². The Hall–Kier alpha value is -0.0800. The van der Waals surface area contributed by atoms with Gasteiger partial charge >= 0.3 is 0 Å². The Morgan fingerprint density at radius 3 is 2.00 bits per heavy atom. The summed E-state index contributed by atoms with van der Waals surface area (Å²) in [4.78, 5) is 0. The lowest BCUT2D eigenvalue weighted by molar-refractivity contribution is -0.941. The molecule has 2 nitrogen and oxygen atoms in total. The number of likely N-dealkylation sites (tertiary alicyclic amines) is 1. The molecule has 0 aliphatic carbocycles. The number of quaternary nitrogens is 1. The number of hydrogen-bond donors (Lipinski definition) is 1. The van der Waals surface area contributed by atoms with Crippen molar-refractivity contribution in [3.63, 3.8) is 0 Å². The van der Waals surface area contributed by atoms with Gasteiger partial charge in [-0.3, -0.25) is 0 Å². The van der Waals surface area contributed by atoms with Gasteiger partial charge < -0.3 is 9.59 Å². The molecule has 1 aliphatic rings. The second-order valence-electron chi connectivity index (χ2n) is 3.27. The number of nitrogens with zero attached hydrogens (tertiary/aromatic N) is 1. The smallest absolute Gasteiger partial charge is 0.187 e. The maximum absolute atomic E-state index is 9.28. The standard InChI is InChI=1S/C7H16NO/c1-7(9)8(2)5-3-4-6-8/h7,9H,3-6H2,1-2H3/q+1. The quantitative estimate of drug-likeness (QED) is 0.514. The highest BCUT2D eigenvalue weighted by atomic mass is 16.3. The van der Waals surface area contributed by atoms with Crippen molar-refractivity contribution in [1.82, 2.24) is 0 Å². The summed E-state index contributed by atoms with van der Waals surface area (Å²) < 4.78 is 0.861. The highest BCUT2D eigenvalue weighted by molar-refractivity contribution is 4.51. The Morgan fingerprint density at radius 2 is 1.78 bits per heavy atom. The van der Waals surface area contributed by atoms with Crippen molar-refractivity contribution in [3.8, 4) is 0 Å². The lowest BCUT2D eigenvalue weighted by Crippen LogP contribution is -2.48. The Labute approximate surface area is 56.7 Å². The SMILES string of the molecule is CC(O)[N+]1(C)CCCC1. The summed E-state index contributed by atoms with van der Waals surface area (Å²) >= 11 is 0. The maximum atomic E-state index is 9.28. The van der Waals surface area contributed by atoms with E-state index < -0.39 is 0 Å². The molecule has 0 aromatic rings. The molecular weight excluding hydrogens is 114 g/mol. The Balaban J connectivity index is 2.51. The Bertz CT molecular complexity index is 95.1. The van der Waals surface area contributed by atoms with Crippen LogP contribution in [-0.4, -0.2) is 36.0 Å². The van der Waals surface area contributed by atoms with Crippen LogP contribution in [0.4, 0.5) is 0 Å². The first-order valence-corrected chi connectivity index (χ1v) is 3.67. The fourth-order valence-corrected chi connectivity index (χ4v) is 1.43. The van der Waals surface area contributed by atoms with Crippen molar-refractivity contribution in [2.24, 2.45) is 0 Å². The van der Waals surface area contributed by atoms with E-state index in [9.17, 15) is 5.11 Å². The summed E-state index contributed by atoms with van der Waals surface area (Å²) in [7, 11) is 2.12. The minimum absolute atomic E-state index is 0.174. The van der Waals surface area contributed by atoms with Gasteiger partial charge in [0.2, 0.25) is 0 Å². The van der Waals surface area contributed by atoms with Crippen molar-refractivity contribution in [2.45, 2.75) is 26.0 Å². The van der Waals surface area contributed by atoms with Crippen LogP contribution in [0.25, 0.3) is 0 Å². The molecule has 0 radical (unpaired) electrons. The molecule has 1 atom stereocenters. The fraction of sp³-hybridized carbons (Fsp3) is 1.00. The lowest BCUT2D eigenvalue weighted by atomic mass is 10.4. The van der Waals surface area contributed by atoms with Gasteiger partial charge in [0, 0.05) is 19.8 Å². The van der Waals surface area contributed by atoms with Crippen LogP contribution in [0, 0.1) is 0 Å². The minimum Gasteiger partial charge on any atom is -0.345 e. The van der Waals surface area contributed by atoms with Crippen LogP contribution in [0.1, 0.15) is 19.8 Å². The molecule has 54 valence electrons. The number of aliphatic hydroxyl groups excluding tert-OH is 1. The predicted molar refractivity (Wildman–Crippen MR) is 36.8 cm³/mol. The zero-order valence-corrected chi connectivity index (χ0v) is 6.30. The van der Waals surface area contributed by atoms with Gasteiger partial charge in [-0.25, -0.2) is 0 Å². The van der Waals surface area contributed by atoms with Gasteiger partial charge in [-0.05, 0) is 0 Å².